The van der Waals surface area contributed by atoms with Crippen LogP contribution in [0.5, 0.6) is 5.75 Å². The summed E-state index contributed by atoms with van der Waals surface area (Å²) in [5.74, 6) is -0.0545. The highest BCUT2D eigenvalue weighted by molar-refractivity contribution is 5.93. The largest absolute Gasteiger partial charge is 0.496 e. The van der Waals surface area contributed by atoms with E-state index in [4.69, 9.17) is 15.2 Å². The smallest absolute Gasteiger partial charge is 0.342 e. The summed E-state index contributed by atoms with van der Waals surface area (Å²) in [6, 6.07) is 8.59. The molecule has 0 fully saturated rings. The molecule has 2 rings (SSSR count). The van der Waals surface area contributed by atoms with Gasteiger partial charge in [-0.25, -0.2) is 4.79 Å². The Bertz CT molecular complexity index is 626. The van der Waals surface area contributed by atoms with Gasteiger partial charge in [0, 0.05) is 11.9 Å². The Hall–Kier alpha value is -2.56. The lowest BCUT2D eigenvalue weighted by atomic mass is 10.2. The molecule has 1 heterocycles. The summed E-state index contributed by atoms with van der Waals surface area (Å²) in [5.41, 5.74) is 8.16. The molecule has 0 atom stereocenters. The Kier molecular flexibility index (Phi) is 4.20. The normalized spacial score (nSPS) is 10.1. The second-order valence-corrected chi connectivity index (χ2v) is 4.30. The van der Waals surface area contributed by atoms with Gasteiger partial charge >= 0.3 is 5.97 Å². The van der Waals surface area contributed by atoms with Crippen LogP contribution in [0.4, 0.5) is 5.69 Å². The average Bonchev–Trinajstić information content (AvgIpc) is 2.46. The standard InChI is InChI=1S/C15H16N2O3/c1-10-4-3-7-17-13(10)9-20-15(18)12-8-11(16)5-6-14(12)19-2/h3-8H,9,16H2,1-2H3. The number of carbonyl (C=O) groups excluding carboxylic acids is 1. The third kappa shape index (κ3) is 3.06. The molecule has 0 aliphatic carbocycles. The van der Waals surface area contributed by atoms with E-state index in [1.54, 1.807) is 18.3 Å². The number of nitrogens with two attached hydrogens (primary N) is 1. The second-order valence-electron chi connectivity index (χ2n) is 4.30. The Morgan fingerprint density at radius 3 is 2.85 bits per heavy atom. The van der Waals surface area contributed by atoms with E-state index in [-0.39, 0.29) is 6.61 Å². The molecule has 5 heteroatoms. The maximum Gasteiger partial charge on any atom is 0.342 e. The molecule has 0 unspecified atom stereocenters. The first kappa shape index (κ1) is 13.9. The number of pyridine rings is 1. The molecule has 5 nitrogen and oxygen atoms in total. The van der Waals surface area contributed by atoms with Gasteiger partial charge in [-0.1, -0.05) is 6.07 Å². The van der Waals surface area contributed by atoms with E-state index < -0.39 is 5.97 Å². The fourth-order valence-electron chi connectivity index (χ4n) is 1.77. The second kappa shape index (κ2) is 6.06. The Morgan fingerprint density at radius 1 is 1.35 bits per heavy atom. The zero-order chi connectivity index (χ0) is 14.5. The number of nitrogen functional groups attached to an aromatic ring is 1. The quantitative estimate of drug-likeness (QED) is 0.683. The van der Waals surface area contributed by atoms with Crippen LogP contribution in [0.3, 0.4) is 0 Å². The minimum Gasteiger partial charge on any atom is -0.496 e. The van der Waals surface area contributed by atoms with Crippen LogP contribution in [0.2, 0.25) is 0 Å². The third-order valence-electron chi connectivity index (χ3n) is 2.90. The Balaban J connectivity index is 2.13. The fourth-order valence-corrected chi connectivity index (χ4v) is 1.77. The highest BCUT2D eigenvalue weighted by Gasteiger charge is 2.15. The van der Waals surface area contributed by atoms with Crippen LogP contribution >= 0.6 is 0 Å². The fraction of sp³-hybridized carbons (Fsp3) is 0.200. The molecule has 0 saturated carbocycles. The predicted octanol–water partition coefficient (Wildman–Crippen LogP) is 2.34. The number of hydrogen-bond acceptors (Lipinski definition) is 5. The average molecular weight is 272 g/mol. The van der Waals surface area contributed by atoms with Gasteiger partial charge in [0.05, 0.1) is 12.8 Å². The van der Waals surface area contributed by atoms with E-state index in [0.717, 1.165) is 11.3 Å². The third-order valence-corrected chi connectivity index (χ3v) is 2.90. The van der Waals surface area contributed by atoms with E-state index in [1.807, 2.05) is 19.1 Å². The summed E-state index contributed by atoms with van der Waals surface area (Å²) in [5, 5.41) is 0. The predicted molar refractivity (Wildman–Crippen MR) is 75.5 cm³/mol. The molecule has 0 spiro atoms. The molecule has 104 valence electrons. The van der Waals surface area contributed by atoms with E-state index in [2.05, 4.69) is 4.98 Å². The number of aryl methyl sites for hydroxylation is 1. The number of benzene rings is 1. The first-order valence-corrected chi connectivity index (χ1v) is 6.13. The maximum absolute atomic E-state index is 12.1. The highest BCUT2D eigenvalue weighted by Crippen LogP contribution is 2.22. The van der Waals surface area contributed by atoms with Crippen molar-refractivity contribution in [2.45, 2.75) is 13.5 Å². The first-order valence-electron chi connectivity index (χ1n) is 6.13. The number of anilines is 1. The van der Waals surface area contributed by atoms with Gasteiger partial charge in [0.1, 0.15) is 17.9 Å². The lowest BCUT2D eigenvalue weighted by Gasteiger charge is -2.10. The molecule has 2 N–H and O–H groups in total. The van der Waals surface area contributed by atoms with Crippen molar-refractivity contribution >= 4 is 11.7 Å². The molecular formula is C15H16N2O3. The Labute approximate surface area is 117 Å². The van der Waals surface area contributed by atoms with Crippen molar-refractivity contribution in [3.8, 4) is 5.75 Å². The van der Waals surface area contributed by atoms with Crippen molar-refractivity contribution in [3.63, 3.8) is 0 Å². The maximum atomic E-state index is 12.1. The van der Waals surface area contributed by atoms with Gasteiger partial charge in [-0.3, -0.25) is 4.98 Å². The summed E-state index contributed by atoms with van der Waals surface area (Å²) >= 11 is 0. The number of nitrogens with zero attached hydrogens (tertiary/aromatic N) is 1. The number of ether oxygens (including phenoxy) is 2. The van der Waals surface area contributed by atoms with Gasteiger partial charge < -0.3 is 15.2 Å². The van der Waals surface area contributed by atoms with Gasteiger partial charge in [-0.2, -0.15) is 0 Å². The minimum absolute atomic E-state index is 0.115. The Morgan fingerprint density at radius 2 is 2.15 bits per heavy atom. The lowest BCUT2D eigenvalue weighted by Crippen LogP contribution is -2.09. The van der Waals surface area contributed by atoms with Crippen molar-refractivity contribution in [1.29, 1.82) is 0 Å². The number of hydrogen-bond donors (Lipinski definition) is 1. The number of aromatic nitrogens is 1. The van der Waals surface area contributed by atoms with Crippen molar-refractivity contribution < 1.29 is 14.3 Å². The van der Waals surface area contributed by atoms with E-state index in [1.165, 1.54) is 13.2 Å². The van der Waals surface area contributed by atoms with Crippen LogP contribution in [-0.4, -0.2) is 18.1 Å². The van der Waals surface area contributed by atoms with E-state index in [9.17, 15) is 4.79 Å². The molecule has 0 radical (unpaired) electrons. The van der Waals surface area contributed by atoms with Crippen molar-refractivity contribution in [2.24, 2.45) is 0 Å². The van der Waals surface area contributed by atoms with Gasteiger partial charge in [-0.15, -0.1) is 0 Å². The summed E-state index contributed by atoms with van der Waals surface area (Å²) in [7, 11) is 1.49. The molecule has 1 aromatic carbocycles. The molecule has 0 aliphatic rings. The molecule has 0 saturated heterocycles. The van der Waals surface area contributed by atoms with Gasteiger partial charge in [0.15, 0.2) is 0 Å². The van der Waals surface area contributed by atoms with Gasteiger partial charge in [-0.05, 0) is 36.8 Å². The molecule has 0 aliphatic heterocycles. The summed E-state index contributed by atoms with van der Waals surface area (Å²) < 4.78 is 10.4. The SMILES string of the molecule is COc1ccc(N)cc1C(=O)OCc1ncccc1C. The summed E-state index contributed by atoms with van der Waals surface area (Å²) in [4.78, 5) is 16.2. The first-order chi connectivity index (χ1) is 9.61. The van der Waals surface area contributed by atoms with E-state index >= 15 is 0 Å². The monoisotopic (exact) mass is 272 g/mol. The van der Waals surface area contributed by atoms with Crippen LogP contribution in [0, 0.1) is 6.92 Å². The van der Waals surface area contributed by atoms with Crippen molar-refractivity contribution in [3.05, 3.63) is 53.3 Å². The van der Waals surface area contributed by atoms with Crippen LogP contribution in [0.1, 0.15) is 21.6 Å². The number of esters is 1. The zero-order valence-electron chi connectivity index (χ0n) is 11.4. The molecule has 1 aromatic heterocycles. The molecule has 20 heavy (non-hydrogen) atoms. The van der Waals surface area contributed by atoms with Crippen LogP contribution in [0.25, 0.3) is 0 Å². The lowest BCUT2D eigenvalue weighted by molar-refractivity contribution is 0.0463. The van der Waals surface area contributed by atoms with E-state index in [0.29, 0.717) is 17.0 Å². The summed E-state index contributed by atoms with van der Waals surface area (Å²) in [6.45, 7) is 2.03. The van der Waals surface area contributed by atoms with Gasteiger partial charge in [0.25, 0.3) is 0 Å². The topological polar surface area (TPSA) is 74.4 Å². The van der Waals surface area contributed by atoms with Crippen molar-refractivity contribution in [2.75, 3.05) is 12.8 Å². The number of rotatable bonds is 4. The molecule has 2 aromatic rings. The zero-order valence-corrected chi connectivity index (χ0v) is 11.4. The molecule has 0 bridgehead atoms. The van der Waals surface area contributed by atoms with Crippen LogP contribution in [-0.2, 0) is 11.3 Å². The minimum atomic E-state index is -0.487. The number of methoxy groups -OCH3 is 1. The van der Waals surface area contributed by atoms with Crippen LogP contribution < -0.4 is 10.5 Å². The molecule has 0 amide bonds. The number of carbonyl (C=O) groups is 1. The van der Waals surface area contributed by atoms with Crippen molar-refractivity contribution in [1.82, 2.24) is 4.98 Å². The van der Waals surface area contributed by atoms with Gasteiger partial charge in [0.2, 0.25) is 0 Å². The van der Waals surface area contributed by atoms with Crippen LogP contribution in [0.15, 0.2) is 36.5 Å². The molecular weight excluding hydrogens is 256 g/mol. The summed E-state index contributed by atoms with van der Waals surface area (Å²) in [6.07, 6.45) is 1.66. The highest BCUT2D eigenvalue weighted by atomic mass is 16.5.